The van der Waals surface area contributed by atoms with E-state index in [4.69, 9.17) is 4.74 Å². The highest BCUT2D eigenvalue weighted by molar-refractivity contribution is 5.69. The molecule has 0 amide bonds. The fraction of sp³-hybridized carbons (Fsp3) is 0.312. The minimum Gasteiger partial charge on any atom is -0.457 e. The van der Waals surface area contributed by atoms with Crippen LogP contribution in [0, 0.1) is 0 Å². The van der Waals surface area contributed by atoms with E-state index in [-0.39, 0.29) is 12.1 Å². The summed E-state index contributed by atoms with van der Waals surface area (Å²) in [6, 6.07) is 10.1. The number of carbonyl (C=O) groups is 1. The first-order valence-corrected chi connectivity index (χ1v) is 6.22. The molecule has 1 aromatic carbocycles. The molecule has 0 aliphatic heterocycles. The van der Waals surface area contributed by atoms with Gasteiger partial charge in [-0.25, -0.2) is 0 Å². The second-order valence-corrected chi connectivity index (χ2v) is 4.14. The third-order valence-electron chi connectivity index (χ3n) is 2.78. The standard InChI is InChI=1S/C16H20O2/c1-4-13(3)15(18-16(17)5-2)12-11-14-9-7-6-8-10-14/h4,6-10,15H,1,3,5,11-12H2,2H3/t15-/m1/s1. The third kappa shape index (κ3) is 4.58. The molecular weight excluding hydrogens is 224 g/mol. The molecule has 1 atom stereocenters. The van der Waals surface area contributed by atoms with Crippen molar-refractivity contribution in [1.29, 1.82) is 0 Å². The molecule has 0 aromatic heterocycles. The Morgan fingerprint density at radius 3 is 2.61 bits per heavy atom. The number of benzene rings is 1. The van der Waals surface area contributed by atoms with Gasteiger partial charge in [0.05, 0.1) is 0 Å². The van der Waals surface area contributed by atoms with Crippen molar-refractivity contribution in [1.82, 2.24) is 0 Å². The number of ether oxygens (including phenoxy) is 1. The minimum atomic E-state index is -0.268. The lowest BCUT2D eigenvalue weighted by molar-refractivity contribution is -0.147. The molecule has 2 heteroatoms. The molecule has 0 radical (unpaired) electrons. The van der Waals surface area contributed by atoms with Gasteiger partial charge < -0.3 is 4.74 Å². The lowest BCUT2D eigenvalue weighted by atomic mass is 10.0. The maximum absolute atomic E-state index is 11.4. The van der Waals surface area contributed by atoms with E-state index in [1.807, 2.05) is 18.2 Å². The molecule has 0 fully saturated rings. The van der Waals surface area contributed by atoms with Gasteiger partial charge in [-0.15, -0.1) is 0 Å². The molecule has 0 saturated carbocycles. The summed E-state index contributed by atoms with van der Waals surface area (Å²) in [6.45, 7) is 9.34. The summed E-state index contributed by atoms with van der Waals surface area (Å²) in [7, 11) is 0. The molecule has 0 heterocycles. The Morgan fingerprint density at radius 1 is 1.39 bits per heavy atom. The third-order valence-corrected chi connectivity index (χ3v) is 2.78. The van der Waals surface area contributed by atoms with Crippen molar-refractivity contribution in [3.63, 3.8) is 0 Å². The number of esters is 1. The van der Waals surface area contributed by atoms with Crippen molar-refractivity contribution in [3.05, 3.63) is 60.7 Å². The van der Waals surface area contributed by atoms with Crippen LogP contribution in [0.15, 0.2) is 55.1 Å². The number of hydrogen-bond donors (Lipinski definition) is 0. The SMILES string of the molecule is C=CC(=C)[C@@H](CCc1ccccc1)OC(=O)CC. The molecule has 2 nitrogen and oxygen atoms in total. The predicted molar refractivity (Wildman–Crippen MR) is 74.3 cm³/mol. The van der Waals surface area contributed by atoms with Crippen molar-refractivity contribution in [3.8, 4) is 0 Å². The highest BCUT2D eigenvalue weighted by Crippen LogP contribution is 2.15. The number of aryl methyl sites for hydroxylation is 1. The smallest absolute Gasteiger partial charge is 0.306 e. The second kappa shape index (κ2) is 7.49. The molecule has 0 spiro atoms. The van der Waals surface area contributed by atoms with Crippen LogP contribution in [0.3, 0.4) is 0 Å². The van der Waals surface area contributed by atoms with Crippen molar-refractivity contribution in [2.75, 3.05) is 0 Å². The van der Waals surface area contributed by atoms with E-state index in [0.29, 0.717) is 6.42 Å². The van der Waals surface area contributed by atoms with Crippen LogP contribution in [0.1, 0.15) is 25.3 Å². The molecule has 1 aromatic rings. The topological polar surface area (TPSA) is 26.3 Å². The van der Waals surface area contributed by atoms with Crippen molar-refractivity contribution < 1.29 is 9.53 Å². The van der Waals surface area contributed by atoms with Gasteiger partial charge in [-0.1, -0.05) is 56.5 Å². The predicted octanol–water partition coefficient (Wildman–Crippen LogP) is 3.68. The van der Waals surface area contributed by atoms with Crippen LogP contribution in [0.2, 0.25) is 0 Å². The Kier molecular flexibility index (Phi) is 5.92. The van der Waals surface area contributed by atoms with Gasteiger partial charge in [-0.05, 0) is 24.0 Å². The van der Waals surface area contributed by atoms with Gasteiger partial charge in [0, 0.05) is 6.42 Å². The Labute approximate surface area is 109 Å². The van der Waals surface area contributed by atoms with E-state index in [1.165, 1.54) is 5.56 Å². The zero-order chi connectivity index (χ0) is 13.4. The average Bonchev–Trinajstić information content (AvgIpc) is 2.43. The summed E-state index contributed by atoms with van der Waals surface area (Å²) in [5, 5.41) is 0. The van der Waals surface area contributed by atoms with Crippen LogP contribution in [-0.4, -0.2) is 12.1 Å². The van der Waals surface area contributed by atoms with Gasteiger partial charge in [-0.3, -0.25) is 4.79 Å². The number of rotatable bonds is 7. The van der Waals surface area contributed by atoms with Crippen LogP contribution in [0.5, 0.6) is 0 Å². The zero-order valence-electron chi connectivity index (χ0n) is 10.9. The second-order valence-electron chi connectivity index (χ2n) is 4.14. The van der Waals surface area contributed by atoms with Gasteiger partial charge in [-0.2, -0.15) is 0 Å². The van der Waals surface area contributed by atoms with Gasteiger partial charge >= 0.3 is 5.97 Å². The Hall–Kier alpha value is -1.83. The quantitative estimate of drug-likeness (QED) is 0.540. The fourth-order valence-corrected chi connectivity index (χ4v) is 1.64. The maximum Gasteiger partial charge on any atom is 0.306 e. The monoisotopic (exact) mass is 244 g/mol. The van der Waals surface area contributed by atoms with E-state index in [0.717, 1.165) is 18.4 Å². The molecular formula is C16H20O2. The minimum absolute atomic E-state index is 0.198. The van der Waals surface area contributed by atoms with Crippen molar-refractivity contribution in [2.45, 2.75) is 32.3 Å². The van der Waals surface area contributed by atoms with E-state index in [2.05, 4.69) is 25.3 Å². The molecule has 18 heavy (non-hydrogen) atoms. The van der Waals surface area contributed by atoms with E-state index < -0.39 is 0 Å². The largest absolute Gasteiger partial charge is 0.457 e. The molecule has 0 saturated heterocycles. The summed E-state index contributed by atoms with van der Waals surface area (Å²) >= 11 is 0. The molecule has 96 valence electrons. The highest BCUT2D eigenvalue weighted by atomic mass is 16.5. The molecule has 0 aliphatic carbocycles. The van der Waals surface area contributed by atoms with Crippen LogP contribution in [0.25, 0.3) is 0 Å². The van der Waals surface area contributed by atoms with Crippen LogP contribution < -0.4 is 0 Å². The molecule has 0 unspecified atom stereocenters. The van der Waals surface area contributed by atoms with Gasteiger partial charge in [0.25, 0.3) is 0 Å². The molecule has 0 bridgehead atoms. The van der Waals surface area contributed by atoms with Crippen LogP contribution in [-0.2, 0) is 16.0 Å². The molecule has 1 rings (SSSR count). The number of carbonyl (C=O) groups excluding carboxylic acids is 1. The molecule has 0 N–H and O–H groups in total. The summed E-state index contributed by atoms with van der Waals surface area (Å²) in [4.78, 5) is 11.4. The Balaban J connectivity index is 2.59. The van der Waals surface area contributed by atoms with Gasteiger partial charge in [0.15, 0.2) is 0 Å². The summed E-state index contributed by atoms with van der Waals surface area (Å²) in [5.41, 5.74) is 1.99. The number of hydrogen-bond acceptors (Lipinski definition) is 2. The van der Waals surface area contributed by atoms with Crippen LogP contribution in [0.4, 0.5) is 0 Å². The summed E-state index contributed by atoms with van der Waals surface area (Å²) in [5.74, 6) is -0.198. The van der Waals surface area contributed by atoms with Gasteiger partial charge in [0.1, 0.15) is 6.10 Å². The van der Waals surface area contributed by atoms with Crippen molar-refractivity contribution in [2.24, 2.45) is 0 Å². The highest BCUT2D eigenvalue weighted by Gasteiger charge is 2.15. The van der Waals surface area contributed by atoms with Crippen molar-refractivity contribution >= 4 is 5.97 Å². The molecule has 0 aliphatic rings. The Morgan fingerprint density at radius 2 is 2.06 bits per heavy atom. The summed E-state index contributed by atoms with van der Waals surface area (Å²) in [6.07, 6.45) is 3.36. The first-order valence-electron chi connectivity index (χ1n) is 6.22. The fourth-order valence-electron chi connectivity index (χ4n) is 1.64. The summed E-state index contributed by atoms with van der Waals surface area (Å²) < 4.78 is 5.36. The van der Waals surface area contributed by atoms with E-state index in [9.17, 15) is 4.79 Å². The average molecular weight is 244 g/mol. The zero-order valence-corrected chi connectivity index (χ0v) is 10.9. The van der Waals surface area contributed by atoms with E-state index in [1.54, 1.807) is 13.0 Å². The normalized spacial score (nSPS) is 11.6. The Bertz CT molecular complexity index is 406. The van der Waals surface area contributed by atoms with E-state index >= 15 is 0 Å². The van der Waals surface area contributed by atoms with Crippen LogP contribution >= 0.6 is 0 Å². The lowest BCUT2D eigenvalue weighted by Crippen LogP contribution is -2.19. The maximum atomic E-state index is 11.4. The van der Waals surface area contributed by atoms with Gasteiger partial charge in [0.2, 0.25) is 0 Å². The first kappa shape index (κ1) is 14.2. The first-order chi connectivity index (χ1) is 8.67. The lowest BCUT2D eigenvalue weighted by Gasteiger charge is -2.18.